The Morgan fingerprint density at radius 2 is 2.03 bits per heavy atom. The topological polar surface area (TPSA) is 91.2 Å². The molecule has 5 aromatic rings. The van der Waals surface area contributed by atoms with E-state index in [9.17, 15) is 10.0 Å². The molecule has 1 N–H and O–H groups in total. The van der Waals surface area contributed by atoms with E-state index in [1.165, 1.54) is 11.1 Å². The van der Waals surface area contributed by atoms with Gasteiger partial charge >= 0.3 is 0 Å². The van der Waals surface area contributed by atoms with Crippen LogP contribution < -0.4 is 10.0 Å². The Kier molecular flexibility index (Phi) is 5.18. The third kappa shape index (κ3) is 3.98. The van der Waals surface area contributed by atoms with Gasteiger partial charge in [-0.1, -0.05) is 0 Å². The second-order valence-electron chi connectivity index (χ2n) is 7.98. The number of nitrogens with one attached hydrogen (secondary N) is 1. The molecule has 1 amide bonds. The lowest BCUT2D eigenvalue weighted by Gasteiger charge is -2.10. The van der Waals surface area contributed by atoms with Gasteiger partial charge in [-0.25, -0.2) is 4.98 Å². The molecule has 0 aliphatic heterocycles. The zero-order valence-electron chi connectivity index (χ0n) is 18.4. The smallest absolute Gasteiger partial charge is 0.253 e. The number of thiophene rings is 1. The number of hydrogen-bond acceptors (Lipinski definition) is 5. The third-order valence-corrected chi connectivity index (χ3v) is 6.52. The Morgan fingerprint density at radius 1 is 1.18 bits per heavy atom. The number of pyridine rings is 2. The fourth-order valence-corrected chi connectivity index (χ4v) is 4.60. The quantitative estimate of drug-likeness (QED) is 0.322. The molecule has 33 heavy (non-hydrogen) atoms. The maximum absolute atomic E-state index is 13.1. The van der Waals surface area contributed by atoms with E-state index in [-0.39, 0.29) is 12.5 Å². The highest BCUT2D eigenvalue weighted by Gasteiger charge is 2.18. The van der Waals surface area contributed by atoms with Gasteiger partial charge in [-0.05, 0) is 31.2 Å². The summed E-state index contributed by atoms with van der Waals surface area (Å²) in [5.74, 6) is -0.234. The highest BCUT2D eigenvalue weighted by Crippen LogP contribution is 2.32. The molecule has 0 saturated heterocycles. The molecular formula is C24H22N6O2S. The van der Waals surface area contributed by atoms with Crippen LogP contribution in [0.4, 0.5) is 0 Å². The molecule has 0 radical (unpaired) electrons. The lowest BCUT2D eigenvalue weighted by atomic mass is 10.1. The number of carbonyl (C=O) groups excluding carboxylic acids is 1. The minimum Gasteiger partial charge on any atom is -0.619 e. The molecule has 5 rings (SSSR count). The van der Waals surface area contributed by atoms with Crippen molar-refractivity contribution in [2.75, 3.05) is 0 Å². The summed E-state index contributed by atoms with van der Waals surface area (Å²) in [6.07, 6.45) is 8.79. The zero-order chi connectivity index (χ0) is 23.1. The summed E-state index contributed by atoms with van der Waals surface area (Å²) in [6.45, 7) is 4.05. The van der Waals surface area contributed by atoms with Gasteiger partial charge in [0, 0.05) is 60.5 Å². The normalized spacial score (nSPS) is 11.2. The van der Waals surface area contributed by atoms with Gasteiger partial charge in [0.1, 0.15) is 5.65 Å². The van der Waals surface area contributed by atoms with Crippen molar-refractivity contribution in [3.05, 3.63) is 88.2 Å². The number of amides is 1. The van der Waals surface area contributed by atoms with Gasteiger partial charge in [0.05, 0.1) is 28.5 Å². The summed E-state index contributed by atoms with van der Waals surface area (Å²) in [4.78, 5) is 20.1. The largest absolute Gasteiger partial charge is 0.619 e. The van der Waals surface area contributed by atoms with E-state index >= 15 is 0 Å². The number of aromatic nitrogens is 5. The number of aryl methyl sites for hydroxylation is 3. The van der Waals surface area contributed by atoms with Crippen molar-refractivity contribution in [1.82, 2.24) is 24.5 Å². The molecule has 9 heteroatoms. The standard InChI is InChI=1S/C24H22N6O2S/c1-15-4-6-17(12-30(15)32)9-26-24(31)18-8-20(19-10-27-28(3)13-19)23-25-11-21(29(23)14-18)22-7-5-16(2)33-22/h4-8,10-14H,9H2,1-3H3,(H,26,31). The molecule has 5 heterocycles. The Bertz CT molecular complexity index is 1500. The SMILES string of the molecule is Cc1ccc(-c2cnc3c(-c4cnn(C)c4)cc(C(=O)NCc4ccc(C)[n+]([O-])c4)cn23)s1. The Labute approximate surface area is 194 Å². The number of carbonyl (C=O) groups is 1. The second-order valence-corrected chi connectivity index (χ2v) is 9.27. The minimum atomic E-state index is -0.234. The first-order valence-corrected chi connectivity index (χ1v) is 11.2. The molecule has 166 valence electrons. The average Bonchev–Trinajstić information content (AvgIpc) is 3.53. The number of imidazole rings is 1. The van der Waals surface area contributed by atoms with E-state index in [0.717, 1.165) is 37.6 Å². The van der Waals surface area contributed by atoms with Crippen molar-refractivity contribution >= 4 is 22.9 Å². The van der Waals surface area contributed by atoms with Crippen molar-refractivity contribution in [3.63, 3.8) is 0 Å². The van der Waals surface area contributed by atoms with Crippen LogP contribution in [0.25, 0.3) is 27.3 Å². The summed E-state index contributed by atoms with van der Waals surface area (Å²) in [6, 6.07) is 9.54. The highest BCUT2D eigenvalue weighted by atomic mass is 32.1. The van der Waals surface area contributed by atoms with Crippen LogP contribution in [0.3, 0.4) is 0 Å². The van der Waals surface area contributed by atoms with Gasteiger partial charge in [-0.3, -0.25) is 13.9 Å². The Balaban J connectivity index is 1.56. The lowest BCUT2D eigenvalue weighted by molar-refractivity contribution is -0.612. The van der Waals surface area contributed by atoms with Crippen LogP contribution in [0.5, 0.6) is 0 Å². The molecule has 0 unspecified atom stereocenters. The van der Waals surface area contributed by atoms with Gasteiger partial charge < -0.3 is 10.5 Å². The fourth-order valence-electron chi connectivity index (χ4n) is 3.72. The summed E-state index contributed by atoms with van der Waals surface area (Å²) < 4.78 is 4.48. The summed E-state index contributed by atoms with van der Waals surface area (Å²) in [5.41, 5.74) is 5.21. The maximum Gasteiger partial charge on any atom is 0.253 e. The van der Waals surface area contributed by atoms with Gasteiger partial charge in [0.15, 0.2) is 11.9 Å². The average molecular weight is 459 g/mol. The van der Waals surface area contributed by atoms with Gasteiger partial charge in [0.2, 0.25) is 0 Å². The lowest BCUT2D eigenvalue weighted by Crippen LogP contribution is -2.31. The van der Waals surface area contributed by atoms with Crippen molar-refractivity contribution in [2.24, 2.45) is 7.05 Å². The predicted molar refractivity (Wildman–Crippen MR) is 127 cm³/mol. The van der Waals surface area contributed by atoms with E-state index < -0.39 is 0 Å². The number of fused-ring (bicyclic) bond motifs is 1. The van der Waals surface area contributed by atoms with E-state index in [2.05, 4.69) is 34.5 Å². The van der Waals surface area contributed by atoms with Crippen LogP contribution in [-0.2, 0) is 13.6 Å². The Hall–Kier alpha value is -3.98. The van der Waals surface area contributed by atoms with E-state index in [0.29, 0.717) is 11.3 Å². The van der Waals surface area contributed by atoms with Crippen LogP contribution in [-0.4, -0.2) is 25.1 Å². The van der Waals surface area contributed by atoms with Crippen molar-refractivity contribution in [1.29, 1.82) is 0 Å². The molecule has 0 aliphatic carbocycles. The van der Waals surface area contributed by atoms with Gasteiger partial charge in [-0.2, -0.15) is 9.83 Å². The number of hydrogen-bond donors (Lipinski definition) is 1. The van der Waals surface area contributed by atoms with E-state index in [1.54, 1.807) is 35.2 Å². The minimum absolute atomic E-state index is 0.234. The third-order valence-electron chi connectivity index (χ3n) is 5.50. The van der Waals surface area contributed by atoms with Crippen molar-refractivity contribution in [2.45, 2.75) is 20.4 Å². The van der Waals surface area contributed by atoms with Crippen LogP contribution in [0, 0.1) is 19.1 Å². The van der Waals surface area contributed by atoms with Gasteiger partial charge in [0.25, 0.3) is 5.91 Å². The monoisotopic (exact) mass is 458 g/mol. The molecule has 0 spiro atoms. The van der Waals surface area contributed by atoms with Crippen LogP contribution in [0.1, 0.15) is 26.5 Å². The molecule has 0 atom stereocenters. The summed E-state index contributed by atoms with van der Waals surface area (Å²) in [5, 5.41) is 19.0. The molecule has 0 bridgehead atoms. The zero-order valence-corrected chi connectivity index (χ0v) is 19.3. The maximum atomic E-state index is 13.1. The summed E-state index contributed by atoms with van der Waals surface area (Å²) in [7, 11) is 1.85. The van der Waals surface area contributed by atoms with Crippen LogP contribution in [0.15, 0.2) is 61.3 Å². The Morgan fingerprint density at radius 3 is 2.73 bits per heavy atom. The van der Waals surface area contributed by atoms with Crippen molar-refractivity contribution in [3.8, 4) is 21.7 Å². The molecule has 0 aliphatic rings. The predicted octanol–water partition coefficient (Wildman–Crippen LogP) is 3.64. The molecule has 8 nitrogen and oxygen atoms in total. The second kappa shape index (κ2) is 8.18. The molecule has 0 aromatic carbocycles. The molecule has 5 aromatic heterocycles. The number of nitrogens with zero attached hydrogens (tertiary/aromatic N) is 5. The van der Waals surface area contributed by atoms with Gasteiger partial charge in [-0.15, -0.1) is 11.3 Å². The number of rotatable bonds is 5. The highest BCUT2D eigenvalue weighted by molar-refractivity contribution is 7.15. The van der Waals surface area contributed by atoms with E-state index in [1.807, 2.05) is 42.2 Å². The first kappa shape index (κ1) is 20.9. The molecule has 0 saturated carbocycles. The van der Waals surface area contributed by atoms with Crippen molar-refractivity contribution < 1.29 is 9.52 Å². The first-order chi connectivity index (χ1) is 15.9. The summed E-state index contributed by atoms with van der Waals surface area (Å²) >= 11 is 1.68. The molecule has 0 fully saturated rings. The molecular weight excluding hydrogens is 436 g/mol. The van der Waals surface area contributed by atoms with Crippen LogP contribution >= 0.6 is 11.3 Å². The van der Waals surface area contributed by atoms with E-state index in [4.69, 9.17) is 0 Å². The fraction of sp³-hybridized carbons (Fsp3) is 0.167. The first-order valence-electron chi connectivity index (χ1n) is 10.4. The van der Waals surface area contributed by atoms with Crippen LogP contribution in [0.2, 0.25) is 0 Å².